The molecule has 0 aromatic heterocycles. The molecule has 0 saturated carbocycles. The minimum Gasteiger partial charge on any atom is -0.508 e. The van der Waals surface area contributed by atoms with Crippen molar-refractivity contribution in [1.29, 1.82) is 5.26 Å². The summed E-state index contributed by atoms with van der Waals surface area (Å²) in [5.74, 6) is 0.181. The van der Waals surface area contributed by atoms with Crippen LogP contribution >= 0.6 is 0 Å². The molecule has 2 unspecified atom stereocenters. The van der Waals surface area contributed by atoms with Crippen LogP contribution in [0.15, 0.2) is 36.4 Å². The van der Waals surface area contributed by atoms with Crippen molar-refractivity contribution in [3.63, 3.8) is 0 Å². The van der Waals surface area contributed by atoms with Crippen molar-refractivity contribution in [2.24, 2.45) is 0 Å². The standard InChI is InChI=1S/C14H13NO3/c15-6-5-13(17)14(18)11-2-1-10-8-12(16)4-3-9(10)7-11/h1-4,7-8,13-14,16-18H,5H2. The average Bonchev–Trinajstić information content (AvgIpc) is 2.37. The van der Waals surface area contributed by atoms with Crippen molar-refractivity contribution in [2.75, 3.05) is 0 Å². The van der Waals surface area contributed by atoms with Crippen LogP contribution < -0.4 is 0 Å². The molecule has 0 aliphatic carbocycles. The highest BCUT2D eigenvalue weighted by Gasteiger charge is 2.18. The third-order valence-electron chi connectivity index (χ3n) is 2.85. The van der Waals surface area contributed by atoms with E-state index in [9.17, 15) is 15.3 Å². The van der Waals surface area contributed by atoms with Gasteiger partial charge in [-0.05, 0) is 34.5 Å². The highest BCUT2D eigenvalue weighted by molar-refractivity contribution is 5.84. The van der Waals surface area contributed by atoms with Crippen LogP contribution in [0.1, 0.15) is 18.1 Å². The van der Waals surface area contributed by atoms with Crippen molar-refractivity contribution in [1.82, 2.24) is 0 Å². The molecule has 18 heavy (non-hydrogen) atoms. The van der Waals surface area contributed by atoms with E-state index in [0.717, 1.165) is 10.8 Å². The van der Waals surface area contributed by atoms with E-state index in [-0.39, 0.29) is 12.2 Å². The van der Waals surface area contributed by atoms with Gasteiger partial charge in [0, 0.05) is 0 Å². The normalized spacial score (nSPS) is 14.1. The largest absolute Gasteiger partial charge is 0.508 e. The van der Waals surface area contributed by atoms with Crippen LogP contribution in [0.25, 0.3) is 10.8 Å². The van der Waals surface area contributed by atoms with Crippen molar-refractivity contribution >= 4 is 10.8 Å². The Balaban J connectivity index is 2.35. The van der Waals surface area contributed by atoms with Gasteiger partial charge in [-0.15, -0.1) is 0 Å². The second-order valence-corrected chi connectivity index (χ2v) is 4.17. The number of hydrogen-bond acceptors (Lipinski definition) is 4. The van der Waals surface area contributed by atoms with Crippen LogP contribution in [-0.4, -0.2) is 21.4 Å². The number of rotatable bonds is 3. The van der Waals surface area contributed by atoms with E-state index in [1.807, 2.05) is 6.07 Å². The summed E-state index contributed by atoms with van der Waals surface area (Å²) in [6.07, 6.45) is -2.29. The highest BCUT2D eigenvalue weighted by atomic mass is 16.3. The van der Waals surface area contributed by atoms with Crippen LogP contribution in [0.4, 0.5) is 0 Å². The van der Waals surface area contributed by atoms with Gasteiger partial charge in [0.15, 0.2) is 0 Å². The zero-order valence-electron chi connectivity index (χ0n) is 9.61. The van der Waals surface area contributed by atoms with Crippen molar-refractivity contribution in [3.05, 3.63) is 42.0 Å². The molecule has 0 saturated heterocycles. The first-order valence-corrected chi connectivity index (χ1v) is 5.57. The number of nitrogens with zero attached hydrogens (tertiary/aromatic N) is 1. The SMILES string of the molecule is N#CCC(O)C(O)c1ccc2cc(O)ccc2c1. The molecule has 2 rings (SSSR count). The Kier molecular flexibility index (Phi) is 3.47. The van der Waals surface area contributed by atoms with Gasteiger partial charge >= 0.3 is 0 Å². The highest BCUT2D eigenvalue weighted by Crippen LogP contribution is 2.25. The minimum atomic E-state index is -1.09. The van der Waals surface area contributed by atoms with Crippen LogP contribution in [-0.2, 0) is 0 Å². The Labute approximate surface area is 104 Å². The van der Waals surface area contributed by atoms with Crippen molar-refractivity contribution in [3.8, 4) is 11.8 Å². The first kappa shape index (κ1) is 12.4. The quantitative estimate of drug-likeness (QED) is 0.768. The van der Waals surface area contributed by atoms with Gasteiger partial charge in [-0.3, -0.25) is 0 Å². The number of hydrogen-bond donors (Lipinski definition) is 3. The molecule has 2 aromatic carbocycles. The van der Waals surface area contributed by atoms with Gasteiger partial charge in [0.25, 0.3) is 0 Å². The molecule has 3 N–H and O–H groups in total. The van der Waals surface area contributed by atoms with Crippen LogP contribution in [0.3, 0.4) is 0 Å². The number of benzene rings is 2. The molecule has 0 fully saturated rings. The summed E-state index contributed by atoms with van der Waals surface area (Å²) in [4.78, 5) is 0. The van der Waals surface area contributed by atoms with E-state index in [1.54, 1.807) is 36.4 Å². The number of phenols is 1. The monoisotopic (exact) mass is 243 g/mol. The summed E-state index contributed by atoms with van der Waals surface area (Å²) >= 11 is 0. The lowest BCUT2D eigenvalue weighted by molar-refractivity contribution is 0.0217. The fraction of sp³-hybridized carbons (Fsp3) is 0.214. The zero-order valence-corrected chi connectivity index (χ0v) is 9.61. The fourth-order valence-corrected chi connectivity index (χ4v) is 1.86. The Bertz CT molecular complexity index is 604. The zero-order chi connectivity index (χ0) is 13.1. The summed E-state index contributed by atoms with van der Waals surface area (Å²) < 4.78 is 0. The van der Waals surface area contributed by atoms with Gasteiger partial charge in [-0.2, -0.15) is 5.26 Å². The van der Waals surface area contributed by atoms with Gasteiger partial charge in [0.2, 0.25) is 0 Å². The molecule has 92 valence electrons. The number of fused-ring (bicyclic) bond motifs is 1. The molecule has 4 heteroatoms. The molecule has 0 spiro atoms. The van der Waals surface area contributed by atoms with Gasteiger partial charge in [0.05, 0.1) is 18.6 Å². The third kappa shape index (κ3) is 2.43. The average molecular weight is 243 g/mol. The van der Waals surface area contributed by atoms with E-state index >= 15 is 0 Å². The summed E-state index contributed by atoms with van der Waals surface area (Å²) in [7, 11) is 0. The fourth-order valence-electron chi connectivity index (χ4n) is 1.86. The maximum atomic E-state index is 9.88. The van der Waals surface area contributed by atoms with Crippen LogP contribution in [0, 0.1) is 11.3 Å². The minimum absolute atomic E-state index is 0.116. The molecule has 0 aliphatic heterocycles. The smallest absolute Gasteiger partial charge is 0.116 e. The van der Waals surface area contributed by atoms with E-state index in [4.69, 9.17) is 5.26 Å². The van der Waals surface area contributed by atoms with Crippen molar-refractivity contribution in [2.45, 2.75) is 18.6 Å². The van der Waals surface area contributed by atoms with E-state index in [1.165, 1.54) is 0 Å². The number of nitriles is 1. The van der Waals surface area contributed by atoms with Gasteiger partial charge < -0.3 is 15.3 Å². The molecular weight excluding hydrogens is 230 g/mol. The molecule has 2 aromatic rings. The molecule has 0 bridgehead atoms. The summed E-state index contributed by atoms with van der Waals surface area (Å²) in [6, 6.07) is 11.9. The first-order chi connectivity index (χ1) is 8.61. The lowest BCUT2D eigenvalue weighted by Gasteiger charge is -2.16. The second-order valence-electron chi connectivity index (χ2n) is 4.17. The maximum Gasteiger partial charge on any atom is 0.116 e. The third-order valence-corrected chi connectivity index (χ3v) is 2.85. The molecule has 0 heterocycles. The second kappa shape index (κ2) is 5.05. The first-order valence-electron chi connectivity index (χ1n) is 5.57. The maximum absolute atomic E-state index is 9.88. The number of aromatic hydroxyl groups is 1. The number of phenolic OH excluding ortho intramolecular Hbond substituents is 1. The van der Waals surface area contributed by atoms with E-state index < -0.39 is 12.2 Å². The Morgan fingerprint density at radius 1 is 1.06 bits per heavy atom. The van der Waals surface area contributed by atoms with E-state index in [2.05, 4.69) is 0 Å². The molecule has 0 aliphatic rings. The lowest BCUT2D eigenvalue weighted by Crippen LogP contribution is -2.17. The number of aliphatic hydroxyl groups excluding tert-OH is 2. The predicted molar refractivity (Wildman–Crippen MR) is 66.8 cm³/mol. The Hall–Kier alpha value is -2.09. The summed E-state index contributed by atoms with van der Waals surface area (Å²) in [5.41, 5.74) is 0.552. The van der Waals surface area contributed by atoms with Crippen LogP contribution in [0.5, 0.6) is 5.75 Å². The van der Waals surface area contributed by atoms with Crippen LogP contribution in [0.2, 0.25) is 0 Å². The lowest BCUT2D eigenvalue weighted by atomic mass is 9.99. The molecule has 0 radical (unpaired) electrons. The Morgan fingerprint density at radius 3 is 2.44 bits per heavy atom. The predicted octanol–water partition coefficient (Wildman–Crippen LogP) is 1.85. The number of aliphatic hydroxyl groups is 2. The summed E-state index contributed by atoms with van der Waals surface area (Å²) in [5, 5.41) is 39.0. The van der Waals surface area contributed by atoms with Gasteiger partial charge in [0.1, 0.15) is 11.9 Å². The molecule has 2 atom stereocenters. The topological polar surface area (TPSA) is 84.5 Å². The molecule has 4 nitrogen and oxygen atoms in total. The Morgan fingerprint density at radius 2 is 1.72 bits per heavy atom. The van der Waals surface area contributed by atoms with Gasteiger partial charge in [-0.1, -0.05) is 18.2 Å². The van der Waals surface area contributed by atoms with Gasteiger partial charge in [-0.25, -0.2) is 0 Å². The van der Waals surface area contributed by atoms with E-state index in [0.29, 0.717) is 5.56 Å². The summed E-state index contributed by atoms with van der Waals surface area (Å²) in [6.45, 7) is 0. The van der Waals surface area contributed by atoms with Crippen molar-refractivity contribution < 1.29 is 15.3 Å². The molecule has 0 amide bonds. The molecular formula is C14H13NO3.